The van der Waals surface area contributed by atoms with Crippen molar-refractivity contribution in [2.75, 3.05) is 7.11 Å². The Labute approximate surface area is 148 Å². The number of phenolic OH excluding ortho intramolecular Hbond substituents is 1. The number of phenols is 1. The van der Waals surface area contributed by atoms with Crippen LogP contribution in [0.3, 0.4) is 0 Å². The molecule has 5 nitrogen and oxygen atoms in total. The predicted octanol–water partition coefficient (Wildman–Crippen LogP) is 3.72. The van der Waals surface area contributed by atoms with Gasteiger partial charge >= 0.3 is 0 Å². The zero-order chi connectivity index (χ0) is 17.6. The second-order valence-corrected chi connectivity index (χ2v) is 6.51. The highest BCUT2D eigenvalue weighted by Crippen LogP contribution is 2.48. The number of ether oxygens (including phenoxy) is 1. The lowest BCUT2D eigenvalue weighted by atomic mass is 9.99. The number of aryl methyl sites for hydroxylation is 1. The number of methoxy groups -OCH3 is 1. The highest BCUT2D eigenvalue weighted by Gasteiger charge is 2.35. The van der Waals surface area contributed by atoms with E-state index >= 15 is 0 Å². The summed E-state index contributed by atoms with van der Waals surface area (Å²) in [4.78, 5) is 22.5. The summed E-state index contributed by atoms with van der Waals surface area (Å²) < 4.78 is 5.21. The van der Waals surface area contributed by atoms with Gasteiger partial charge in [-0.1, -0.05) is 6.07 Å². The molecule has 1 aliphatic rings. The zero-order valence-electron chi connectivity index (χ0n) is 13.6. The number of carbonyl (C=O) groups is 1. The Morgan fingerprint density at radius 2 is 2.08 bits per heavy atom. The van der Waals surface area contributed by atoms with Gasteiger partial charge in [0.2, 0.25) is 0 Å². The number of aromatic nitrogens is 2. The van der Waals surface area contributed by atoms with Gasteiger partial charge in [0.1, 0.15) is 11.5 Å². The number of hydrogen-bond donors (Lipinski definition) is 1. The summed E-state index contributed by atoms with van der Waals surface area (Å²) in [7, 11) is 1.50. The monoisotopic (exact) mass is 350 g/mol. The topological polar surface area (TPSA) is 72.3 Å². The van der Waals surface area contributed by atoms with Crippen molar-refractivity contribution in [1.29, 1.82) is 0 Å². The van der Waals surface area contributed by atoms with Crippen LogP contribution < -0.4 is 4.74 Å². The predicted molar refractivity (Wildman–Crippen MR) is 96.0 cm³/mol. The third kappa shape index (κ3) is 2.34. The number of nitrogens with zero attached hydrogens (tertiary/aromatic N) is 2. The number of allylic oxidation sites excluding steroid dienone is 1. The molecule has 0 atom stereocenters. The average Bonchev–Trinajstić information content (AvgIpc) is 3.17. The first-order valence-corrected chi connectivity index (χ1v) is 8.51. The number of pyridine rings is 1. The van der Waals surface area contributed by atoms with Crippen molar-refractivity contribution in [2.24, 2.45) is 0 Å². The Morgan fingerprint density at radius 3 is 2.72 bits per heavy atom. The number of Topliss-reactive ketones (excluding diaryl/α,β-unsaturated/α-hetero) is 1. The smallest absolute Gasteiger partial charge is 0.195 e. The summed E-state index contributed by atoms with van der Waals surface area (Å²) in [6.45, 7) is 1.89. The Hall–Kier alpha value is -2.99. The lowest BCUT2D eigenvalue weighted by molar-refractivity contribution is 0.105. The molecule has 0 unspecified atom stereocenters. The third-order valence-corrected chi connectivity index (χ3v) is 5.17. The summed E-state index contributed by atoms with van der Waals surface area (Å²) in [5, 5.41) is 10.6. The molecule has 1 aliphatic carbocycles. The van der Waals surface area contributed by atoms with Crippen molar-refractivity contribution in [3.63, 3.8) is 0 Å². The van der Waals surface area contributed by atoms with Crippen LogP contribution in [0.2, 0.25) is 0 Å². The minimum absolute atomic E-state index is 0.0180. The van der Waals surface area contributed by atoms with Crippen molar-refractivity contribution in [3.05, 3.63) is 69.4 Å². The second-order valence-electron chi connectivity index (χ2n) is 5.66. The number of hydrogen-bond acceptors (Lipinski definition) is 6. The first-order valence-electron chi connectivity index (χ1n) is 7.63. The van der Waals surface area contributed by atoms with E-state index in [4.69, 9.17) is 4.74 Å². The zero-order valence-corrected chi connectivity index (χ0v) is 14.4. The van der Waals surface area contributed by atoms with Crippen LogP contribution in [0.15, 0.2) is 42.2 Å². The van der Waals surface area contributed by atoms with Gasteiger partial charge in [-0.05, 0) is 19.1 Å². The Kier molecular flexibility index (Phi) is 3.62. The molecule has 0 spiro atoms. The molecule has 0 bridgehead atoms. The SMILES string of the molecule is COc1cc(O)c2c(c1)C(=O)C(c1cccnc1)=C2c1scnc1C. The molecule has 0 radical (unpaired) electrons. The molecule has 124 valence electrons. The maximum absolute atomic E-state index is 13.2. The van der Waals surface area contributed by atoms with Gasteiger partial charge in [-0.2, -0.15) is 0 Å². The first-order chi connectivity index (χ1) is 12.1. The number of fused-ring (bicyclic) bond motifs is 1. The number of carbonyl (C=O) groups excluding carboxylic acids is 1. The molecule has 0 aliphatic heterocycles. The van der Waals surface area contributed by atoms with Crippen LogP contribution in [0.1, 0.15) is 32.1 Å². The van der Waals surface area contributed by atoms with E-state index < -0.39 is 0 Å². The standard InChI is InChI=1S/C19H14N2O3S/c1-10-19(25-9-21-10)17-15(11-4-3-5-20-8-11)18(23)13-6-12(24-2)7-14(22)16(13)17/h3-9,22H,1-2H3. The summed E-state index contributed by atoms with van der Waals surface area (Å²) in [6, 6.07) is 6.82. The number of rotatable bonds is 3. The first kappa shape index (κ1) is 15.5. The fraction of sp³-hybridized carbons (Fsp3) is 0.105. The van der Waals surface area contributed by atoms with Gasteiger partial charge in [0.15, 0.2) is 5.78 Å². The van der Waals surface area contributed by atoms with Gasteiger partial charge in [0.25, 0.3) is 0 Å². The molecule has 6 heteroatoms. The number of aromatic hydroxyl groups is 1. The molecular weight excluding hydrogens is 336 g/mol. The fourth-order valence-electron chi connectivity index (χ4n) is 3.09. The highest BCUT2D eigenvalue weighted by atomic mass is 32.1. The van der Waals surface area contributed by atoms with E-state index in [1.165, 1.54) is 24.5 Å². The molecule has 0 fully saturated rings. The lowest BCUT2D eigenvalue weighted by Gasteiger charge is -2.09. The molecule has 3 aromatic rings. The normalized spacial score (nSPS) is 13.3. The van der Waals surface area contributed by atoms with Crippen molar-refractivity contribution in [3.8, 4) is 11.5 Å². The molecule has 25 heavy (non-hydrogen) atoms. The van der Waals surface area contributed by atoms with Crippen LogP contribution in [-0.4, -0.2) is 28.0 Å². The van der Waals surface area contributed by atoms with Gasteiger partial charge in [0, 0.05) is 46.3 Å². The molecule has 0 amide bonds. The molecule has 2 aromatic heterocycles. The molecule has 0 saturated heterocycles. The van der Waals surface area contributed by atoms with E-state index in [0.717, 1.165) is 10.6 Å². The van der Waals surface area contributed by atoms with E-state index in [1.54, 1.807) is 30.0 Å². The van der Waals surface area contributed by atoms with Gasteiger partial charge in [0.05, 0.1) is 23.2 Å². The van der Waals surface area contributed by atoms with Crippen molar-refractivity contribution in [2.45, 2.75) is 6.92 Å². The summed E-state index contributed by atoms with van der Waals surface area (Å²) in [6.07, 6.45) is 3.32. The molecule has 1 aromatic carbocycles. The molecular formula is C19H14N2O3S. The van der Waals surface area contributed by atoms with Crippen LogP contribution in [0.4, 0.5) is 0 Å². The quantitative estimate of drug-likeness (QED) is 0.779. The summed E-state index contributed by atoms with van der Waals surface area (Å²) >= 11 is 1.45. The van der Waals surface area contributed by atoms with E-state index in [1.807, 2.05) is 13.0 Å². The maximum Gasteiger partial charge on any atom is 0.195 e. The van der Waals surface area contributed by atoms with E-state index in [9.17, 15) is 9.90 Å². The number of benzene rings is 1. The summed E-state index contributed by atoms with van der Waals surface area (Å²) in [5.41, 5.74) is 5.45. The van der Waals surface area contributed by atoms with E-state index in [-0.39, 0.29) is 11.5 Å². The van der Waals surface area contributed by atoms with Crippen LogP contribution in [0, 0.1) is 6.92 Å². The molecule has 0 saturated carbocycles. The minimum Gasteiger partial charge on any atom is -0.507 e. The third-order valence-electron chi connectivity index (χ3n) is 4.22. The van der Waals surface area contributed by atoms with Crippen LogP contribution >= 0.6 is 11.3 Å². The van der Waals surface area contributed by atoms with E-state index in [0.29, 0.717) is 33.6 Å². The van der Waals surface area contributed by atoms with Gasteiger partial charge in [-0.3, -0.25) is 9.78 Å². The second kappa shape index (κ2) is 5.82. The Balaban J connectivity index is 2.08. The van der Waals surface area contributed by atoms with Gasteiger partial charge < -0.3 is 9.84 Å². The molecule has 1 N–H and O–H groups in total. The highest BCUT2D eigenvalue weighted by molar-refractivity contribution is 7.11. The van der Waals surface area contributed by atoms with Crippen molar-refractivity contribution in [1.82, 2.24) is 9.97 Å². The van der Waals surface area contributed by atoms with Gasteiger partial charge in [-0.25, -0.2) is 4.98 Å². The van der Waals surface area contributed by atoms with Crippen LogP contribution in [0.5, 0.6) is 11.5 Å². The number of ketones is 1. The summed E-state index contributed by atoms with van der Waals surface area (Å²) in [5.74, 6) is 0.307. The van der Waals surface area contributed by atoms with Crippen molar-refractivity contribution >= 4 is 28.3 Å². The number of thiazole rings is 1. The minimum atomic E-state index is -0.153. The molecule has 2 heterocycles. The van der Waals surface area contributed by atoms with Gasteiger partial charge in [-0.15, -0.1) is 11.3 Å². The van der Waals surface area contributed by atoms with E-state index in [2.05, 4.69) is 9.97 Å². The maximum atomic E-state index is 13.2. The Morgan fingerprint density at radius 1 is 1.24 bits per heavy atom. The fourth-order valence-corrected chi connectivity index (χ4v) is 3.95. The largest absolute Gasteiger partial charge is 0.507 e. The van der Waals surface area contributed by atoms with Crippen LogP contribution in [-0.2, 0) is 0 Å². The average molecular weight is 350 g/mol. The lowest BCUT2D eigenvalue weighted by Crippen LogP contribution is -1.99. The van der Waals surface area contributed by atoms with Crippen molar-refractivity contribution < 1.29 is 14.6 Å². The Bertz CT molecular complexity index is 1020. The van der Waals surface area contributed by atoms with Crippen LogP contribution in [0.25, 0.3) is 11.1 Å². The molecule has 4 rings (SSSR count).